The van der Waals surface area contributed by atoms with Crippen LogP contribution in [0.4, 0.5) is 0 Å². The van der Waals surface area contributed by atoms with Gasteiger partial charge < -0.3 is 0 Å². The van der Waals surface area contributed by atoms with Crippen molar-refractivity contribution in [3.05, 3.63) is 30.3 Å². The van der Waals surface area contributed by atoms with E-state index in [-0.39, 0.29) is 24.7 Å². The molecular formula is C10H13N3O6. The molecule has 0 amide bonds. The Hall–Kier alpha value is -1.80. The van der Waals surface area contributed by atoms with Crippen molar-refractivity contribution >= 4 is 0 Å². The van der Waals surface area contributed by atoms with Crippen molar-refractivity contribution in [2.24, 2.45) is 17.8 Å². The quantitative estimate of drug-likeness (QED) is 0.429. The Kier molecular flexibility index (Phi) is 2.19. The summed E-state index contributed by atoms with van der Waals surface area (Å²) < 4.78 is 0. The smallest absolute Gasteiger partial charge is 0.263 e. The highest BCUT2D eigenvalue weighted by Crippen LogP contribution is 2.62. The van der Waals surface area contributed by atoms with Crippen LogP contribution in [0.2, 0.25) is 0 Å². The first-order valence-electron chi connectivity index (χ1n) is 6.28. The molecule has 0 aromatic heterocycles. The van der Waals surface area contributed by atoms with E-state index in [2.05, 4.69) is 0 Å². The predicted octanol–water partition coefficient (Wildman–Crippen LogP) is 1.09. The summed E-state index contributed by atoms with van der Waals surface area (Å²) >= 11 is 0. The summed E-state index contributed by atoms with van der Waals surface area (Å²) in [6.07, 6.45) is 1.49. The third-order valence-electron chi connectivity index (χ3n) is 5.32. The topological polar surface area (TPSA) is 129 Å². The third kappa shape index (κ3) is 1.15. The van der Waals surface area contributed by atoms with E-state index in [0.29, 0.717) is 12.8 Å². The molecule has 4 fully saturated rings. The molecule has 0 spiro atoms. The second-order valence-electron chi connectivity index (χ2n) is 6.07. The molecule has 2 unspecified atom stereocenters. The van der Waals surface area contributed by atoms with Gasteiger partial charge in [-0.05, 0) is 31.1 Å². The van der Waals surface area contributed by atoms with Gasteiger partial charge in [0.25, 0.3) is 0 Å². The van der Waals surface area contributed by atoms with Crippen molar-refractivity contribution in [3.8, 4) is 0 Å². The van der Waals surface area contributed by atoms with Crippen LogP contribution >= 0.6 is 0 Å². The molecule has 9 nitrogen and oxygen atoms in total. The number of rotatable bonds is 3. The van der Waals surface area contributed by atoms with E-state index in [4.69, 9.17) is 0 Å². The van der Waals surface area contributed by atoms with Gasteiger partial charge in [0.2, 0.25) is 0 Å². The van der Waals surface area contributed by atoms with Crippen LogP contribution in [0.1, 0.15) is 32.1 Å². The van der Waals surface area contributed by atoms with Crippen LogP contribution in [-0.2, 0) is 0 Å². The van der Waals surface area contributed by atoms with Gasteiger partial charge in [-0.3, -0.25) is 30.3 Å². The minimum absolute atomic E-state index is 0.0240. The van der Waals surface area contributed by atoms with E-state index in [9.17, 15) is 30.3 Å². The van der Waals surface area contributed by atoms with Crippen molar-refractivity contribution in [1.82, 2.24) is 0 Å². The SMILES string of the molecule is O=[N+]([O-])C12C[C@@H]3CC(C[C@@H](C3)C1)C2([N+](=O)[O-])[N+](=O)[O-]. The normalized spacial score (nSPS) is 42.0. The third-order valence-corrected chi connectivity index (χ3v) is 5.32. The Morgan fingerprint density at radius 2 is 1.26 bits per heavy atom. The molecule has 104 valence electrons. The molecule has 4 saturated carbocycles. The zero-order chi connectivity index (χ0) is 14.0. The van der Waals surface area contributed by atoms with Crippen molar-refractivity contribution in [2.45, 2.75) is 43.3 Å². The van der Waals surface area contributed by atoms with Gasteiger partial charge in [0.15, 0.2) is 0 Å². The van der Waals surface area contributed by atoms with Crippen LogP contribution in [0.3, 0.4) is 0 Å². The Morgan fingerprint density at radius 3 is 1.63 bits per heavy atom. The molecule has 0 aromatic rings. The average molecular weight is 271 g/mol. The van der Waals surface area contributed by atoms with Gasteiger partial charge in [0, 0.05) is 17.8 Å². The summed E-state index contributed by atoms with van der Waals surface area (Å²) in [5, 5.41) is 34.3. The fourth-order valence-electron chi connectivity index (χ4n) is 4.93. The fraction of sp³-hybridized carbons (Fsp3) is 1.00. The van der Waals surface area contributed by atoms with Crippen LogP contribution in [0.15, 0.2) is 0 Å². The van der Waals surface area contributed by atoms with Gasteiger partial charge >= 0.3 is 11.2 Å². The van der Waals surface area contributed by atoms with Crippen LogP contribution < -0.4 is 0 Å². The highest BCUT2D eigenvalue weighted by atomic mass is 16.7. The van der Waals surface area contributed by atoms with Gasteiger partial charge in [-0.25, -0.2) is 0 Å². The van der Waals surface area contributed by atoms with Crippen molar-refractivity contribution in [3.63, 3.8) is 0 Å². The lowest BCUT2D eigenvalue weighted by atomic mass is 9.48. The summed E-state index contributed by atoms with van der Waals surface area (Å²) in [4.78, 5) is 31.6. The zero-order valence-electron chi connectivity index (χ0n) is 10.1. The molecule has 9 heteroatoms. The predicted molar refractivity (Wildman–Crippen MR) is 60.0 cm³/mol. The van der Waals surface area contributed by atoms with E-state index in [1.54, 1.807) is 0 Å². The molecule has 4 aliphatic rings. The summed E-state index contributed by atoms with van der Waals surface area (Å²) in [5.41, 5.74) is -4.65. The van der Waals surface area contributed by atoms with Crippen molar-refractivity contribution in [2.75, 3.05) is 0 Å². The Labute approximate surface area is 107 Å². The molecule has 4 rings (SSSR count). The first-order valence-corrected chi connectivity index (χ1v) is 6.28. The number of hydrogen-bond acceptors (Lipinski definition) is 6. The molecule has 4 atom stereocenters. The van der Waals surface area contributed by atoms with Crippen LogP contribution in [0.5, 0.6) is 0 Å². The van der Waals surface area contributed by atoms with Crippen LogP contribution in [-0.4, -0.2) is 26.0 Å². The molecule has 0 aliphatic heterocycles. The van der Waals surface area contributed by atoms with E-state index < -0.39 is 31.9 Å². The lowest BCUT2D eigenvalue weighted by Crippen LogP contribution is -2.77. The summed E-state index contributed by atoms with van der Waals surface area (Å²) in [6, 6.07) is 0. The standard InChI is InChI=1S/C10H13N3O6/c14-11(15)9-4-6-1-7(5-9)3-8(2-6)10(9,12(16)17)13(18)19/h6-8H,1-5H2/t6-,7+,8?,9?. The molecule has 4 aliphatic carbocycles. The van der Waals surface area contributed by atoms with Crippen molar-refractivity contribution < 1.29 is 14.8 Å². The van der Waals surface area contributed by atoms with Gasteiger partial charge in [-0.15, -0.1) is 0 Å². The Bertz CT molecular complexity index is 464. The molecule has 0 N–H and O–H groups in total. The first kappa shape index (κ1) is 12.2. The largest absolute Gasteiger partial charge is 0.527 e. The second-order valence-corrected chi connectivity index (χ2v) is 6.07. The van der Waals surface area contributed by atoms with Crippen LogP contribution in [0.25, 0.3) is 0 Å². The molecule has 4 bridgehead atoms. The van der Waals surface area contributed by atoms with E-state index in [0.717, 1.165) is 6.42 Å². The minimum atomic E-state index is -2.64. The maximum atomic E-state index is 11.5. The highest BCUT2D eigenvalue weighted by molar-refractivity contribution is 5.12. The number of nitrogens with zero attached hydrogens (tertiary/aromatic N) is 3. The van der Waals surface area contributed by atoms with E-state index in [1.807, 2.05) is 0 Å². The lowest BCUT2D eigenvalue weighted by molar-refractivity contribution is -0.870. The average Bonchev–Trinajstić information content (AvgIpc) is 2.26. The Morgan fingerprint density at radius 1 is 0.789 bits per heavy atom. The maximum Gasteiger partial charge on any atom is 0.527 e. The molecule has 19 heavy (non-hydrogen) atoms. The molecule has 0 saturated heterocycles. The van der Waals surface area contributed by atoms with E-state index >= 15 is 0 Å². The summed E-state index contributed by atoms with van der Waals surface area (Å²) in [5.74, 6) is -0.763. The molecule has 0 heterocycles. The van der Waals surface area contributed by atoms with E-state index in [1.165, 1.54) is 0 Å². The number of hydrogen-bond donors (Lipinski definition) is 0. The Balaban J connectivity index is 2.23. The molecular weight excluding hydrogens is 258 g/mol. The lowest BCUT2D eigenvalue weighted by Gasteiger charge is -2.52. The second kappa shape index (κ2) is 3.40. The van der Waals surface area contributed by atoms with Crippen LogP contribution in [0, 0.1) is 48.1 Å². The van der Waals surface area contributed by atoms with Crippen molar-refractivity contribution in [1.29, 1.82) is 0 Å². The van der Waals surface area contributed by atoms with Gasteiger partial charge in [-0.1, -0.05) is 0 Å². The monoisotopic (exact) mass is 271 g/mol. The first-order chi connectivity index (χ1) is 8.84. The zero-order valence-corrected chi connectivity index (χ0v) is 10.1. The summed E-state index contributed by atoms with van der Waals surface area (Å²) in [6.45, 7) is 0. The van der Waals surface area contributed by atoms with Gasteiger partial charge in [0.1, 0.15) is 15.8 Å². The minimum Gasteiger partial charge on any atom is -0.263 e. The van der Waals surface area contributed by atoms with Gasteiger partial charge in [-0.2, -0.15) is 0 Å². The maximum absolute atomic E-state index is 11.5. The van der Waals surface area contributed by atoms with Gasteiger partial charge in [0.05, 0.1) is 0 Å². The highest BCUT2D eigenvalue weighted by Gasteiger charge is 2.89. The molecule has 0 radical (unpaired) electrons. The summed E-state index contributed by atoms with van der Waals surface area (Å²) in [7, 11) is 0. The number of nitro groups is 3. The molecule has 0 aromatic carbocycles. The fourth-order valence-corrected chi connectivity index (χ4v) is 4.93.